The van der Waals surface area contributed by atoms with Crippen LogP contribution in [0.1, 0.15) is 43.7 Å². The molecular weight excluding hydrogens is 272 g/mol. The number of phenols is 1. The average Bonchev–Trinajstić information content (AvgIpc) is 2.82. The average molecular weight is 296 g/mol. The van der Waals surface area contributed by atoms with E-state index in [-0.39, 0.29) is 16.9 Å². The van der Waals surface area contributed by atoms with Crippen LogP contribution in [0.3, 0.4) is 0 Å². The van der Waals surface area contributed by atoms with E-state index in [1.54, 1.807) is 6.07 Å². The van der Waals surface area contributed by atoms with Crippen molar-refractivity contribution in [2.24, 2.45) is 16.7 Å². The summed E-state index contributed by atoms with van der Waals surface area (Å²) < 4.78 is 0. The third kappa shape index (κ3) is 1.59. The van der Waals surface area contributed by atoms with E-state index in [4.69, 9.17) is 0 Å². The number of phenolic OH excluding ortho intramolecular Hbond substituents is 1. The first-order chi connectivity index (χ1) is 10.5. The lowest BCUT2D eigenvalue weighted by Crippen LogP contribution is -2.46. The monoisotopic (exact) mass is 296 g/mol. The van der Waals surface area contributed by atoms with Crippen molar-refractivity contribution in [1.29, 1.82) is 0 Å². The van der Waals surface area contributed by atoms with Gasteiger partial charge in [-0.3, -0.25) is 0 Å². The zero-order valence-corrected chi connectivity index (χ0v) is 13.2. The molecule has 4 rings (SSSR count). The number of hydrogen-bond acceptors (Lipinski definition) is 2. The van der Waals surface area contributed by atoms with Gasteiger partial charge in [0.15, 0.2) is 0 Å². The van der Waals surface area contributed by atoms with Gasteiger partial charge in [-0.1, -0.05) is 25.1 Å². The maximum atomic E-state index is 10.5. The lowest BCUT2D eigenvalue weighted by molar-refractivity contribution is 0.00986. The minimum Gasteiger partial charge on any atom is -0.508 e. The van der Waals surface area contributed by atoms with Crippen molar-refractivity contribution in [3.05, 3.63) is 48.1 Å². The Labute approximate surface area is 132 Å². The van der Waals surface area contributed by atoms with E-state index in [2.05, 4.69) is 31.7 Å². The Morgan fingerprint density at radius 3 is 2.91 bits per heavy atom. The van der Waals surface area contributed by atoms with Crippen LogP contribution in [0.5, 0.6) is 5.75 Å². The quantitative estimate of drug-likeness (QED) is 0.767. The normalized spacial score (nSPS) is 39.5. The first kappa shape index (κ1) is 14.1. The zero-order chi connectivity index (χ0) is 15.5. The molecule has 0 radical (unpaired) electrons. The van der Waals surface area contributed by atoms with Crippen molar-refractivity contribution in [1.82, 2.24) is 0 Å². The van der Waals surface area contributed by atoms with Gasteiger partial charge in [-0.05, 0) is 66.9 Å². The van der Waals surface area contributed by atoms with Crippen LogP contribution in [0.2, 0.25) is 0 Å². The molecule has 4 atom stereocenters. The number of allylic oxidation sites excluding steroid dienone is 3. The lowest BCUT2D eigenvalue weighted by Gasteiger charge is -2.52. The molecule has 2 nitrogen and oxygen atoms in total. The fraction of sp³-hybridized carbons (Fsp3) is 0.500. The van der Waals surface area contributed by atoms with Crippen LogP contribution in [-0.4, -0.2) is 16.3 Å². The molecule has 0 amide bonds. The first-order valence-electron chi connectivity index (χ1n) is 8.36. The van der Waals surface area contributed by atoms with Gasteiger partial charge in [0.1, 0.15) is 5.75 Å². The summed E-state index contributed by atoms with van der Waals surface area (Å²) >= 11 is 0. The summed E-state index contributed by atoms with van der Waals surface area (Å²) in [5.41, 5.74) is 3.85. The van der Waals surface area contributed by atoms with Crippen LogP contribution >= 0.6 is 0 Å². The van der Waals surface area contributed by atoms with Gasteiger partial charge in [0.05, 0.1) is 6.10 Å². The molecule has 116 valence electrons. The third-order valence-corrected chi connectivity index (χ3v) is 6.71. The molecule has 2 heteroatoms. The molecule has 22 heavy (non-hydrogen) atoms. The van der Waals surface area contributed by atoms with Gasteiger partial charge >= 0.3 is 0 Å². The number of aromatic hydroxyl groups is 1. The summed E-state index contributed by atoms with van der Waals surface area (Å²) in [5, 5.41) is 20.3. The van der Waals surface area contributed by atoms with E-state index in [1.807, 2.05) is 6.07 Å². The van der Waals surface area contributed by atoms with E-state index in [0.29, 0.717) is 11.7 Å². The molecule has 1 fully saturated rings. The smallest absolute Gasteiger partial charge is 0.115 e. The minimum absolute atomic E-state index is 0.0194. The van der Waals surface area contributed by atoms with Crippen molar-refractivity contribution in [3.63, 3.8) is 0 Å². The Morgan fingerprint density at radius 1 is 1.32 bits per heavy atom. The fourth-order valence-corrected chi connectivity index (χ4v) is 5.46. The summed E-state index contributed by atoms with van der Waals surface area (Å²) in [6.07, 6.45) is 9.20. The van der Waals surface area contributed by atoms with Crippen LogP contribution in [0.25, 0.3) is 5.57 Å². The van der Waals surface area contributed by atoms with Gasteiger partial charge in [0.2, 0.25) is 0 Å². The predicted molar refractivity (Wildman–Crippen MR) is 88.5 cm³/mol. The molecule has 0 aliphatic heterocycles. The third-order valence-electron chi connectivity index (χ3n) is 6.71. The molecule has 0 spiro atoms. The van der Waals surface area contributed by atoms with Crippen molar-refractivity contribution >= 4 is 5.57 Å². The Bertz CT molecular complexity index is 674. The molecular formula is C20H24O2. The minimum atomic E-state index is -0.201. The summed E-state index contributed by atoms with van der Waals surface area (Å²) in [7, 11) is 0. The van der Waals surface area contributed by atoms with Gasteiger partial charge in [-0.15, -0.1) is 6.58 Å². The Hall–Kier alpha value is -1.54. The van der Waals surface area contributed by atoms with Crippen LogP contribution in [0.4, 0.5) is 0 Å². The van der Waals surface area contributed by atoms with Gasteiger partial charge in [-0.2, -0.15) is 0 Å². The molecule has 3 aliphatic rings. The summed E-state index contributed by atoms with van der Waals surface area (Å²) in [4.78, 5) is 0. The largest absolute Gasteiger partial charge is 0.508 e. The number of aliphatic hydroxyl groups excluding tert-OH is 1. The van der Waals surface area contributed by atoms with Crippen LogP contribution in [-0.2, 0) is 6.42 Å². The highest BCUT2D eigenvalue weighted by molar-refractivity contribution is 5.78. The predicted octanol–water partition coefficient (Wildman–Crippen LogP) is 4.08. The fourth-order valence-electron chi connectivity index (χ4n) is 5.46. The standard InChI is InChI=1S/C20H24O2/c1-3-20-11-8-13-12-14(21)4-5-15(13)16(20)9-10-19(2)17(20)6-7-18(19)22/h3-5,9,12,17-18,21-22H,1,6-8,10-11H2,2H3/t17?,18-,19-,20+/m0/s1. The number of fused-ring (bicyclic) bond motifs is 5. The Morgan fingerprint density at radius 2 is 2.14 bits per heavy atom. The van der Waals surface area contributed by atoms with Gasteiger partial charge in [0.25, 0.3) is 0 Å². The van der Waals surface area contributed by atoms with E-state index in [1.165, 1.54) is 16.7 Å². The molecule has 1 aromatic rings. The highest BCUT2D eigenvalue weighted by atomic mass is 16.3. The van der Waals surface area contributed by atoms with Crippen LogP contribution < -0.4 is 0 Å². The van der Waals surface area contributed by atoms with Gasteiger partial charge in [-0.25, -0.2) is 0 Å². The number of benzene rings is 1. The second-order valence-corrected chi connectivity index (χ2v) is 7.56. The molecule has 1 unspecified atom stereocenters. The SMILES string of the molecule is C=C[C@@]12CCc3cc(O)ccc3C1=CC[C@@]1(C)C2CC[C@@H]1O. The first-order valence-corrected chi connectivity index (χ1v) is 8.36. The van der Waals surface area contributed by atoms with Crippen molar-refractivity contribution in [3.8, 4) is 5.75 Å². The van der Waals surface area contributed by atoms with Gasteiger partial charge < -0.3 is 10.2 Å². The second-order valence-electron chi connectivity index (χ2n) is 7.56. The number of aryl methyl sites for hydroxylation is 1. The Kier molecular flexibility index (Phi) is 2.87. The van der Waals surface area contributed by atoms with E-state index >= 15 is 0 Å². The topological polar surface area (TPSA) is 40.5 Å². The maximum absolute atomic E-state index is 10.5. The number of aliphatic hydroxyl groups is 1. The highest BCUT2D eigenvalue weighted by Crippen LogP contribution is 2.65. The second kappa shape index (κ2) is 4.48. The molecule has 0 bridgehead atoms. The molecule has 3 aliphatic carbocycles. The highest BCUT2D eigenvalue weighted by Gasteiger charge is 2.58. The summed E-state index contributed by atoms with van der Waals surface area (Å²) in [6.45, 7) is 6.44. The van der Waals surface area contributed by atoms with Crippen LogP contribution in [0.15, 0.2) is 36.9 Å². The van der Waals surface area contributed by atoms with E-state index in [9.17, 15) is 10.2 Å². The molecule has 1 saturated carbocycles. The van der Waals surface area contributed by atoms with Crippen molar-refractivity contribution < 1.29 is 10.2 Å². The molecule has 0 aromatic heterocycles. The maximum Gasteiger partial charge on any atom is 0.115 e. The summed E-state index contributed by atoms with van der Waals surface area (Å²) in [5.74, 6) is 0.817. The zero-order valence-electron chi connectivity index (χ0n) is 13.2. The molecule has 2 N–H and O–H groups in total. The number of hydrogen-bond donors (Lipinski definition) is 2. The molecule has 0 saturated heterocycles. The Balaban J connectivity index is 1.90. The van der Waals surface area contributed by atoms with Crippen molar-refractivity contribution in [2.75, 3.05) is 0 Å². The van der Waals surface area contributed by atoms with Crippen molar-refractivity contribution in [2.45, 2.75) is 45.1 Å². The van der Waals surface area contributed by atoms with Crippen LogP contribution in [0, 0.1) is 16.7 Å². The molecule has 1 aromatic carbocycles. The van der Waals surface area contributed by atoms with E-state index < -0.39 is 0 Å². The number of rotatable bonds is 1. The van der Waals surface area contributed by atoms with E-state index in [0.717, 1.165) is 32.1 Å². The summed E-state index contributed by atoms with van der Waals surface area (Å²) in [6, 6.07) is 5.75. The molecule has 0 heterocycles. The van der Waals surface area contributed by atoms with Gasteiger partial charge in [0, 0.05) is 10.8 Å². The lowest BCUT2D eigenvalue weighted by atomic mass is 9.51.